The third-order valence-corrected chi connectivity index (χ3v) is 9.96. The Morgan fingerprint density at radius 2 is 1.25 bits per heavy atom. The van der Waals surface area contributed by atoms with Gasteiger partial charge in [0.1, 0.15) is 11.2 Å². The van der Waals surface area contributed by atoms with Crippen LogP contribution in [0, 0.1) is 0 Å². The van der Waals surface area contributed by atoms with E-state index in [1.54, 1.807) is 0 Å². The molecule has 0 aliphatic rings. The van der Waals surface area contributed by atoms with Crippen molar-refractivity contribution in [2.24, 2.45) is 0 Å². The van der Waals surface area contributed by atoms with E-state index in [2.05, 4.69) is 181 Å². The number of aromatic nitrogens is 1. The summed E-state index contributed by atoms with van der Waals surface area (Å²) in [5, 5.41) is 8.41. The van der Waals surface area contributed by atoms with Crippen LogP contribution in [0.4, 0.5) is 11.4 Å². The lowest BCUT2D eigenvalue weighted by molar-refractivity contribution is 0.670. The summed E-state index contributed by atoms with van der Waals surface area (Å²) in [6, 6.07) is 56.3. The Balaban J connectivity index is 1.10. The van der Waals surface area contributed by atoms with Crippen LogP contribution in [0.25, 0.3) is 71.7 Å². The van der Waals surface area contributed by atoms with Gasteiger partial charge in [-0.25, -0.2) is 0 Å². The van der Waals surface area contributed by atoms with E-state index in [0.717, 1.165) is 63.0 Å². The minimum Gasteiger partial charge on any atom is -0.455 e. The number of furan rings is 1. The Labute approximate surface area is 303 Å². The van der Waals surface area contributed by atoms with Gasteiger partial charge in [-0.3, -0.25) is 0 Å². The number of para-hydroxylation sites is 4. The Morgan fingerprint density at radius 3 is 2.12 bits per heavy atom. The molecule has 0 fully saturated rings. The summed E-state index contributed by atoms with van der Waals surface area (Å²) in [5.74, 6) is 0. The Bertz CT molecular complexity index is 2760. The molecule has 9 aromatic rings. The van der Waals surface area contributed by atoms with Crippen LogP contribution in [-0.4, -0.2) is 4.57 Å². The van der Waals surface area contributed by atoms with Gasteiger partial charge in [0.25, 0.3) is 0 Å². The fourth-order valence-electron chi connectivity index (χ4n) is 7.42. The standard InChI is InChI=1S/C49H38N2O/c1-2-3-4-5-7-15-37-32-35(26-30-45(37)50-38-16-8-6-9-17-38)36-27-31-47-44(33-36)41-18-10-12-22-46(41)51(47)39-28-24-34(25-29-39)40-20-14-21-43-42-19-11-13-23-48(42)52-49(40)43/h3-14,16-33,50H,2,15H2,1H3/b4-3-,7-5-. The molecule has 0 atom stereocenters. The normalized spacial score (nSPS) is 11.9. The van der Waals surface area contributed by atoms with Crippen LogP contribution in [0.2, 0.25) is 0 Å². The molecule has 250 valence electrons. The van der Waals surface area contributed by atoms with Gasteiger partial charge in [0.15, 0.2) is 0 Å². The summed E-state index contributed by atoms with van der Waals surface area (Å²) < 4.78 is 8.74. The molecule has 1 N–H and O–H groups in total. The fraction of sp³-hybridized carbons (Fsp3) is 0.0612. The zero-order valence-corrected chi connectivity index (χ0v) is 29.1. The number of nitrogens with zero attached hydrogens (tertiary/aromatic N) is 1. The van der Waals surface area contributed by atoms with Crippen molar-refractivity contribution < 1.29 is 4.42 Å². The van der Waals surface area contributed by atoms with Crippen molar-refractivity contribution in [1.82, 2.24) is 4.57 Å². The van der Waals surface area contributed by atoms with E-state index in [-0.39, 0.29) is 0 Å². The second-order valence-corrected chi connectivity index (χ2v) is 13.2. The first-order valence-corrected chi connectivity index (χ1v) is 18.1. The van der Waals surface area contributed by atoms with Gasteiger partial charge >= 0.3 is 0 Å². The van der Waals surface area contributed by atoms with E-state index < -0.39 is 0 Å². The number of hydrogen-bond acceptors (Lipinski definition) is 2. The number of allylic oxidation sites excluding steroid dienone is 4. The minimum absolute atomic E-state index is 0.833. The third-order valence-electron chi connectivity index (χ3n) is 9.96. The molecule has 0 radical (unpaired) electrons. The lowest BCUT2D eigenvalue weighted by Crippen LogP contribution is -1.96. The topological polar surface area (TPSA) is 30.1 Å². The van der Waals surface area contributed by atoms with Gasteiger partial charge in [-0.05, 0) is 95.8 Å². The highest BCUT2D eigenvalue weighted by atomic mass is 16.3. The summed E-state index contributed by atoms with van der Waals surface area (Å²) in [6.07, 6.45) is 10.6. The second-order valence-electron chi connectivity index (χ2n) is 13.2. The molecule has 9 rings (SSSR count). The highest BCUT2D eigenvalue weighted by molar-refractivity contribution is 6.11. The lowest BCUT2D eigenvalue weighted by atomic mass is 9.98. The van der Waals surface area contributed by atoms with Crippen molar-refractivity contribution in [2.45, 2.75) is 19.8 Å². The van der Waals surface area contributed by atoms with Crippen molar-refractivity contribution in [3.05, 3.63) is 188 Å². The molecule has 2 heterocycles. The van der Waals surface area contributed by atoms with Gasteiger partial charge in [-0.1, -0.05) is 128 Å². The van der Waals surface area contributed by atoms with Crippen molar-refractivity contribution in [3.8, 4) is 27.9 Å². The molecule has 0 aliphatic heterocycles. The number of benzene rings is 7. The monoisotopic (exact) mass is 670 g/mol. The van der Waals surface area contributed by atoms with E-state index >= 15 is 0 Å². The predicted octanol–water partition coefficient (Wildman–Crippen LogP) is 13.8. The smallest absolute Gasteiger partial charge is 0.143 e. The number of fused-ring (bicyclic) bond motifs is 6. The number of hydrogen-bond donors (Lipinski definition) is 1. The fourth-order valence-corrected chi connectivity index (χ4v) is 7.42. The van der Waals surface area contributed by atoms with E-state index in [9.17, 15) is 0 Å². The molecule has 0 unspecified atom stereocenters. The third kappa shape index (κ3) is 5.76. The van der Waals surface area contributed by atoms with E-state index in [0.29, 0.717) is 0 Å². The van der Waals surface area contributed by atoms with Crippen LogP contribution in [-0.2, 0) is 6.42 Å². The maximum absolute atomic E-state index is 6.36. The molecule has 0 amide bonds. The van der Waals surface area contributed by atoms with Gasteiger partial charge in [0.05, 0.1) is 11.0 Å². The molecule has 52 heavy (non-hydrogen) atoms. The minimum atomic E-state index is 0.833. The van der Waals surface area contributed by atoms with Crippen molar-refractivity contribution in [1.29, 1.82) is 0 Å². The van der Waals surface area contributed by atoms with Gasteiger partial charge in [0, 0.05) is 44.2 Å². The molecular formula is C49H38N2O. The summed E-state index contributed by atoms with van der Waals surface area (Å²) in [6.45, 7) is 2.16. The maximum atomic E-state index is 6.36. The van der Waals surface area contributed by atoms with E-state index in [4.69, 9.17) is 4.42 Å². The Hall–Kier alpha value is -6.58. The van der Waals surface area contributed by atoms with Crippen LogP contribution >= 0.6 is 0 Å². The van der Waals surface area contributed by atoms with Crippen LogP contribution < -0.4 is 5.32 Å². The lowest BCUT2D eigenvalue weighted by Gasteiger charge is -2.14. The first-order chi connectivity index (χ1) is 25.7. The number of anilines is 2. The SMILES string of the molecule is CC/C=C\C=C/Cc1cc(-c2ccc3c(c2)c2ccccc2n3-c2ccc(-c3cccc4c3oc3ccccc34)cc2)ccc1Nc1ccccc1. The van der Waals surface area contributed by atoms with Crippen LogP contribution in [0.15, 0.2) is 186 Å². The van der Waals surface area contributed by atoms with Crippen molar-refractivity contribution in [3.63, 3.8) is 0 Å². The zero-order valence-electron chi connectivity index (χ0n) is 29.1. The largest absolute Gasteiger partial charge is 0.455 e. The summed E-state index contributed by atoms with van der Waals surface area (Å²) >= 11 is 0. The van der Waals surface area contributed by atoms with Crippen molar-refractivity contribution >= 4 is 55.1 Å². The molecule has 0 spiro atoms. The maximum Gasteiger partial charge on any atom is 0.143 e. The first kappa shape index (κ1) is 31.4. The van der Waals surface area contributed by atoms with Crippen LogP contribution in [0.5, 0.6) is 0 Å². The summed E-state index contributed by atoms with van der Waals surface area (Å²) in [5.41, 5.74) is 13.4. The number of rotatable bonds is 9. The average Bonchev–Trinajstić information content (AvgIpc) is 3.74. The van der Waals surface area contributed by atoms with Crippen LogP contribution in [0.3, 0.4) is 0 Å². The van der Waals surface area contributed by atoms with E-state index in [1.807, 2.05) is 18.2 Å². The quantitative estimate of drug-likeness (QED) is 0.155. The first-order valence-electron chi connectivity index (χ1n) is 18.1. The number of nitrogens with one attached hydrogen (secondary N) is 1. The molecule has 3 nitrogen and oxygen atoms in total. The molecule has 0 saturated heterocycles. The Kier molecular flexibility index (Phi) is 8.22. The summed E-state index contributed by atoms with van der Waals surface area (Å²) in [7, 11) is 0. The summed E-state index contributed by atoms with van der Waals surface area (Å²) in [4.78, 5) is 0. The van der Waals surface area contributed by atoms with Crippen molar-refractivity contribution in [2.75, 3.05) is 5.32 Å². The molecular weight excluding hydrogens is 633 g/mol. The average molecular weight is 671 g/mol. The van der Waals surface area contributed by atoms with Gasteiger partial charge in [-0.15, -0.1) is 0 Å². The molecule has 0 bridgehead atoms. The molecule has 3 heteroatoms. The molecule has 2 aromatic heterocycles. The molecule has 0 saturated carbocycles. The highest BCUT2D eigenvalue weighted by Gasteiger charge is 2.16. The van der Waals surface area contributed by atoms with Gasteiger partial charge < -0.3 is 14.3 Å². The molecule has 7 aromatic carbocycles. The zero-order chi connectivity index (χ0) is 34.9. The highest BCUT2D eigenvalue weighted by Crippen LogP contribution is 2.38. The predicted molar refractivity (Wildman–Crippen MR) is 221 cm³/mol. The van der Waals surface area contributed by atoms with Crippen LogP contribution in [0.1, 0.15) is 18.9 Å². The molecule has 0 aliphatic carbocycles. The Morgan fingerprint density at radius 1 is 0.558 bits per heavy atom. The van der Waals surface area contributed by atoms with Gasteiger partial charge in [0.2, 0.25) is 0 Å². The second kappa shape index (κ2) is 13.6. The van der Waals surface area contributed by atoms with E-state index in [1.165, 1.54) is 38.5 Å². The van der Waals surface area contributed by atoms with Gasteiger partial charge in [-0.2, -0.15) is 0 Å².